The number of anilines is 2. The molecular formula is C10H12N2O2. The van der Waals surface area contributed by atoms with Crippen LogP contribution in [0.1, 0.15) is 0 Å². The molecule has 0 bridgehead atoms. The van der Waals surface area contributed by atoms with Crippen molar-refractivity contribution in [3.63, 3.8) is 0 Å². The molecule has 0 radical (unpaired) electrons. The maximum absolute atomic E-state index is 10.4. The Bertz CT molecular complexity index is 288. The van der Waals surface area contributed by atoms with Crippen LogP contribution in [0.25, 0.3) is 0 Å². The summed E-state index contributed by atoms with van der Waals surface area (Å²) >= 11 is 0. The number of carbonyl (C=O) groups excluding carboxylic acids is 2. The topological polar surface area (TPSA) is 40.6 Å². The molecule has 0 aliphatic rings. The summed E-state index contributed by atoms with van der Waals surface area (Å²) in [5, 5.41) is 0. The Balaban J connectivity index is 2.88. The standard InChI is InChI=1S/C10H12N2O2/c1-11(7-13)9-3-5-10(6-4-9)12(2)8-14/h3-8H,1-2H3. The van der Waals surface area contributed by atoms with Crippen molar-refractivity contribution in [3.05, 3.63) is 24.3 Å². The van der Waals surface area contributed by atoms with Gasteiger partial charge in [-0.15, -0.1) is 0 Å². The number of nitrogens with zero attached hydrogens (tertiary/aromatic N) is 2. The summed E-state index contributed by atoms with van der Waals surface area (Å²) < 4.78 is 0. The predicted molar refractivity (Wildman–Crippen MR) is 55.4 cm³/mol. The lowest BCUT2D eigenvalue weighted by molar-refractivity contribution is -0.108. The molecule has 0 N–H and O–H groups in total. The zero-order valence-electron chi connectivity index (χ0n) is 8.18. The van der Waals surface area contributed by atoms with Gasteiger partial charge < -0.3 is 9.80 Å². The first kappa shape index (κ1) is 10.2. The van der Waals surface area contributed by atoms with Crippen LogP contribution in [-0.4, -0.2) is 26.9 Å². The highest BCUT2D eigenvalue weighted by atomic mass is 16.1. The van der Waals surface area contributed by atoms with Gasteiger partial charge in [-0.3, -0.25) is 9.59 Å². The van der Waals surface area contributed by atoms with Gasteiger partial charge in [0.15, 0.2) is 0 Å². The first-order valence-corrected chi connectivity index (χ1v) is 4.15. The van der Waals surface area contributed by atoms with E-state index in [9.17, 15) is 9.59 Å². The number of hydrogen-bond acceptors (Lipinski definition) is 2. The van der Waals surface area contributed by atoms with Gasteiger partial charge in [0, 0.05) is 25.5 Å². The Morgan fingerprint density at radius 3 is 1.36 bits per heavy atom. The molecule has 0 atom stereocenters. The second-order valence-corrected chi connectivity index (χ2v) is 2.95. The number of benzene rings is 1. The average molecular weight is 192 g/mol. The van der Waals surface area contributed by atoms with Crippen LogP contribution in [0.5, 0.6) is 0 Å². The van der Waals surface area contributed by atoms with Crippen molar-refractivity contribution < 1.29 is 9.59 Å². The normalized spacial score (nSPS) is 9.29. The van der Waals surface area contributed by atoms with Crippen molar-refractivity contribution in [1.29, 1.82) is 0 Å². The third kappa shape index (κ3) is 2.10. The highest BCUT2D eigenvalue weighted by molar-refractivity contribution is 5.78. The van der Waals surface area contributed by atoms with E-state index in [0.29, 0.717) is 0 Å². The lowest BCUT2D eigenvalue weighted by Gasteiger charge is -2.14. The van der Waals surface area contributed by atoms with Crippen LogP contribution in [0.4, 0.5) is 11.4 Å². The predicted octanol–water partition coefficient (Wildman–Crippen LogP) is 0.872. The van der Waals surface area contributed by atoms with Crippen LogP contribution in [0.15, 0.2) is 24.3 Å². The molecule has 4 heteroatoms. The van der Waals surface area contributed by atoms with E-state index in [0.717, 1.165) is 24.2 Å². The fraction of sp³-hybridized carbons (Fsp3) is 0.200. The highest BCUT2D eigenvalue weighted by Crippen LogP contribution is 2.17. The van der Waals surface area contributed by atoms with E-state index in [2.05, 4.69) is 0 Å². The minimum absolute atomic E-state index is 0.735. The van der Waals surface area contributed by atoms with Gasteiger partial charge in [-0.2, -0.15) is 0 Å². The number of carbonyl (C=O) groups is 2. The SMILES string of the molecule is CN(C=O)c1ccc(N(C)C=O)cc1. The average Bonchev–Trinajstić information content (AvgIpc) is 2.27. The summed E-state index contributed by atoms with van der Waals surface area (Å²) in [6.07, 6.45) is 1.47. The van der Waals surface area contributed by atoms with Gasteiger partial charge in [-0.1, -0.05) is 0 Å². The molecule has 74 valence electrons. The van der Waals surface area contributed by atoms with Gasteiger partial charge in [0.1, 0.15) is 0 Å². The van der Waals surface area contributed by atoms with Gasteiger partial charge in [0.25, 0.3) is 0 Å². The van der Waals surface area contributed by atoms with Crippen LogP contribution >= 0.6 is 0 Å². The molecule has 0 heterocycles. The molecule has 1 aromatic carbocycles. The van der Waals surface area contributed by atoms with Gasteiger partial charge in [0.05, 0.1) is 0 Å². The molecule has 0 spiro atoms. The Morgan fingerprint density at radius 1 is 0.857 bits per heavy atom. The molecule has 0 aliphatic heterocycles. The largest absolute Gasteiger partial charge is 0.318 e. The van der Waals surface area contributed by atoms with Crippen molar-refractivity contribution in [1.82, 2.24) is 0 Å². The molecule has 0 aliphatic carbocycles. The third-order valence-corrected chi connectivity index (χ3v) is 1.98. The monoisotopic (exact) mass is 192 g/mol. The zero-order valence-corrected chi connectivity index (χ0v) is 8.18. The van der Waals surface area contributed by atoms with Crippen molar-refractivity contribution in [3.8, 4) is 0 Å². The molecule has 0 fully saturated rings. The lowest BCUT2D eigenvalue weighted by atomic mass is 10.2. The molecule has 0 unspecified atom stereocenters. The molecule has 1 aromatic rings. The minimum atomic E-state index is 0.735. The molecule has 1 rings (SSSR count). The van der Waals surface area contributed by atoms with E-state index in [1.807, 2.05) is 0 Å². The molecule has 0 aromatic heterocycles. The highest BCUT2D eigenvalue weighted by Gasteiger charge is 2.00. The van der Waals surface area contributed by atoms with Crippen LogP contribution in [0.2, 0.25) is 0 Å². The zero-order chi connectivity index (χ0) is 10.6. The number of amides is 2. The smallest absolute Gasteiger partial charge is 0.213 e. The van der Waals surface area contributed by atoms with Gasteiger partial charge in [0.2, 0.25) is 12.8 Å². The number of rotatable bonds is 4. The van der Waals surface area contributed by atoms with Crippen LogP contribution in [0, 0.1) is 0 Å². The molecule has 14 heavy (non-hydrogen) atoms. The van der Waals surface area contributed by atoms with E-state index >= 15 is 0 Å². The lowest BCUT2D eigenvalue weighted by Crippen LogP contribution is -2.15. The second kappa shape index (κ2) is 4.41. The molecular weight excluding hydrogens is 180 g/mol. The Kier molecular flexibility index (Phi) is 3.23. The second-order valence-electron chi connectivity index (χ2n) is 2.95. The van der Waals surface area contributed by atoms with E-state index in [4.69, 9.17) is 0 Å². The maximum atomic E-state index is 10.4. The first-order chi connectivity index (χ1) is 6.69. The van der Waals surface area contributed by atoms with Crippen molar-refractivity contribution in [2.24, 2.45) is 0 Å². The van der Waals surface area contributed by atoms with E-state index in [1.165, 1.54) is 9.80 Å². The van der Waals surface area contributed by atoms with Crippen molar-refractivity contribution in [2.45, 2.75) is 0 Å². The molecule has 2 amide bonds. The number of hydrogen-bond donors (Lipinski definition) is 0. The summed E-state index contributed by atoms with van der Waals surface area (Å²) in [6, 6.07) is 7.13. The van der Waals surface area contributed by atoms with Gasteiger partial charge in [-0.25, -0.2) is 0 Å². The third-order valence-electron chi connectivity index (χ3n) is 1.98. The first-order valence-electron chi connectivity index (χ1n) is 4.15. The molecule has 4 nitrogen and oxygen atoms in total. The fourth-order valence-corrected chi connectivity index (χ4v) is 1.04. The van der Waals surface area contributed by atoms with Gasteiger partial charge in [-0.05, 0) is 24.3 Å². The van der Waals surface area contributed by atoms with Crippen LogP contribution < -0.4 is 9.80 Å². The Morgan fingerprint density at radius 2 is 1.14 bits per heavy atom. The summed E-state index contributed by atoms with van der Waals surface area (Å²) in [6.45, 7) is 0. The summed E-state index contributed by atoms with van der Waals surface area (Å²) in [5.74, 6) is 0. The summed E-state index contributed by atoms with van der Waals surface area (Å²) in [7, 11) is 3.34. The van der Waals surface area contributed by atoms with E-state index in [-0.39, 0.29) is 0 Å². The molecule has 0 saturated heterocycles. The van der Waals surface area contributed by atoms with Gasteiger partial charge >= 0.3 is 0 Å². The van der Waals surface area contributed by atoms with Crippen molar-refractivity contribution >= 4 is 24.2 Å². The fourth-order valence-electron chi connectivity index (χ4n) is 1.04. The van der Waals surface area contributed by atoms with E-state index in [1.54, 1.807) is 38.4 Å². The van der Waals surface area contributed by atoms with Crippen LogP contribution in [-0.2, 0) is 9.59 Å². The quantitative estimate of drug-likeness (QED) is 0.664. The Labute approximate surface area is 82.7 Å². The minimum Gasteiger partial charge on any atom is -0.318 e. The maximum Gasteiger partial charge on any atom is 0.213 e. The van der Waals surface area contributed by atoms with E-state index < -0.39 is 0 Å². The Hall–Kier alpha value is -1.84. The molecule has 0 saturated carbocycles. The summed E-state index contributed by atoms with van der Waals surface area (Å²) in [4.78, 5) is 23.8. The van der Waals surface area contributed by atoms with Crippen molar-refractivity contribution in [2.75, 3.05) is 23.9 Å². The summed E-state index contributed by atoms with van der Waals surface area (Å²) in [5.41, 5.74) is 1.59. The van der Waals surface area contributed by atoms with Crippen LogP contribution in [0.3, 0.4) is 0 Å².